The summed E-state index contributed by atoms with van der Waals surface area (Å²) >= 11 is 0. The molecule has 0 aromatic rings. The third-order valence-electron chi connectivity index (χ3n) is 3.96. The van der Waals surface area contributed by atoms with Crippen LogP contribution < -0.4 is 0 Å². The largest absolute Gasteiger partial charge is 0.301 e. The van der Waals surface area contributed by atoms with E-state index in [0.29, 0.717) is 17.2 Å². The van der Waals surface area contributed by atoms with Gasteiger partial charge in [0.25, 0.3) is 0 Å². The Bertz CT molecular complexity index is 215. The number of ketones is 1. The van der Waals surface area contributed by atoms with Gasteiger partial charge in [0.2, 0.25) is 0 Å². The van der Waals surface area contributed by atoms with Gasteiger partial charge < -0.3 is 9.69 Å². The molecule has 0 N–H and O–H groups in total. The Morgan fingerprint density at radius 2 is 1.87 bits per heavy atom. The van der Waals surface area contributed by atoms with Gasteiger partial charge in [0.15, 0.2) is 0 Å². The van der Waals surface area contributed by atoms with E-state index < -0.39 is 0 Å². The standard InChI is InChI=1S/C13H25NO/c1-5-13(10-12(4)15)6-8-14(9-7-13)11(2)3/h11H,5-10H2,1-4H3. The molecule has 0 aromatic heterocycles. The van der Waals surface area contributed by atoms with Crippen LogP contribution in [0.3, 0.4) is 0 Å². The van der Waals surface area contributed by atoms with Crippen molar-refractivity contribution in [2.45, 2.75) is 59.4 Å². The summed E-state index contributed by atoms with van der Waals surface area (Å²) in [5.74, 6) is 0.356. The first-order valence-electron chi connectivity index (χ1n) is 6.22. The number of Topliss-reactive ketones (excluding diaryl/α,β-unsaturated/α-hetero) is 1. The second-order valence-corrected chi connectivity index (χ2v) is 5.36. The summed E-state index contributed by atoms with van der Waals surface area (Å²) in [6, 6.07) is 0.650. The van der Waals surface area contributed by atoms with Crippen molar-refractivity contribution < 1.29 is 4.79 Å². The van der Waals surface area contributed by atoms with Gasteiger partial charge in [-0.2, -0.15) is 0 Å². The van der Waals surface area contributed by atoms with Crippen LogP contribution in [0.2, 0.25) is 0 Å². The Balaban J connectivity index is 2.54. The number of carbonyl (C=O) groups excluding carboxylic acids is 1. The highest BCUT2D eigenvalue weighted by Gasteiger charge is 2.34. The zero-order valence-electron chi connectivity index (χ0n) is 10.7. The summed E-state index contributed by atoms with van der Waals surface area (Å²) in [4.78, 5) is 13.8. The third-order valence-corrected chi connectivity index (χ3v) is 3.96. The maximum Gasteiger partial charge on any atom is 0.130 e. The van der Waals surface area contributed by atoms with Crippen molar-refractivity contribution in [3.63, 3.8) is 0 Å². The Labute approximate surface area is 94.0 Å². The molecule has 0 spiro atoms. The molecule has 1 saturated heterocycles. The molecular formula is C13H25NO. The summed E-state index contributed by atoms with van der Waals surface area (Å²) in [6.45, 7) is 10.8. The van der Waals surface area contributed by atoms with Crippen LogP contribution in [0.5, 0.6) is 0 Å². The molecule has 15 heavy (non-hydrogen) atoms. The van der Waals surface area contributed by atoms with Crippen molar-refractivity contribution in [1.82, 2.24) is 4.90 Å². The van der Waals surface area contributed by atoms with Crippen LogP contribution in [-0.4, -0.2) is 29.8 Å². The maximum atomic E-state index is 11.3. The van der Waals surface area contributed by atoms with Crippen LogP contribution in [0.4, 0.5) is 0 Å². The molecule has 1 rings (SSSR count). The smallest absolute Gasteiger partial charge is 0.130 e. The lowest BCUT2D eigenvalue weighted by Crippen LogP contribution is -2.43. The summed E-state index contributed by atoms with van der Waals surface area (Å²) < 4.78 is 0. The van der Waals surface area contributed by atoms with Crippen molar-refractivity contribution >= 4 is 5.78 Å². The lowest BCUT2D eigenvalue weighted by molar-refractivity contribution is -0.120. The molecule has 2 heteroatoms. The Morgan fingerprint density at radius 1 is 1.33 bits per heavy atom. The second-order valence-electron chi connectivity index (χ2n) is 5.36. The number of nitrogens with zero attached hydrogens (tertiary/aromatic N) is 1. The van der Waals surface area contributed by atoms with Crippen molar-refractivity contribution in [3.05, 3.63) is 0 Å². The van der Waals surface area contributed by atoms with Gasteiger partial charge in [-0.05, 0) is 58.5 Å². The molecule has 0 saturated carbocycles. The SMILES string of the molecule is CCC1(CC(C)=O)CCN(C(C)C)CC1. The van der Waals surface area contributed by atoms with E-state index in [4.69, 9.17) is 0 Å². The number of piperidine rings is 1. The fraction of sp³-hybridized carbons (Fsp3) is 0.923. The third kappa shape index (κ3) is 3.30. The number of likely N-dealkylation sites (tertiary alicyclic amines) is 1. The number of hydrogen-bond donors (Lipinski definition) is 0. The zero-order valence-corrected chi connectivity index (χ0v) is 10.7. The van der Waals surface area contributed by atoms with E-state index in [1.165, 1.54) is 25.9 Å². The first-order valence-corrected chi connectivity index (χ1v) is 6.22. The van der Waals surface area contributed by atoms with E-state index >= 15 is 0 Å². The van der Waals surface area contributed by atoms with E-state index in [-0.39, 0.29) is 0 Å². The van der Waals surface area contributed by atoms with Crippen LogP contribution in [0.1, 0.15) is 53.4 Å². The van der Waals surface area contributed by atoms with Crippen LogP contribution >= 0.6 is 0 Å². The van der Waals surface area contributed by atoms with Gasteiger partial charge in [-0.15, -0.1) is 0 Å². The van der Waals surface area contributed by atoms with Gasteiger partial charge in [-0.25, -0.2) is 0 Å². The van der Waals surface area contributed by atoms with Gasteiger partial charge in [0.05, 0.1) is 0 Å². The fourth-order valence-electron chi connectivity index (χ4n) is 2.70. The minimum Gasteiger partial charge on any atom is -0.301 e. The predicted molar refractivity (Wildman–Crippen MR) is 64.0 cm³/mol. The number of rotatable bonds is 4. The number of carbonyl (C=O) groups is 1. The highest BCUT2D eigenvalue weighted by Crippen LogP contribution is 2.38. The Hall–Kier alpha value is -0.370. The van der Waals surface area contributed by atoms with E-state index in [1.807, 2.05) is 0 Å². The van der Waals surface area contributed by atoms with E-state index in [9.17, 15) is 4.79 Å². The molecule has 0 aliphatic carbocycles. The highest BCUT2D eigenvalue weighted by molar-refractivity contribution is 5.76. The van der Waals surface area contributed by atoms with Crippen molar-refractivity contribution in [2.75, 3.05) is 13.1 Å². The molecule has 88 valence electrons. The lowest BCUT2D eigenvalue weighted by Gasteiger charge is -2.42. The van der Waals surface area contributed by atoms with Crippen LogP contribution in [-0.2, 0) is 4.79 Å². The van der Waals surface area contributed by atoms with Gasteiger partial charge in [0, 0.05) is 12.5 Å². The molecule has 0 radical (unpaired) electrons. The fourth-order valence-corrected chi connectivity index (χ4v) is 2.70. The average Bonchev–Trinajstić information content (AvgIpc) is 2.17. The zero-order chi connectivity index (χ0) is 11.5. The summed E-state index contributed by atoms with van der Waals surface area (Å²) in [7, 11) is 0. The molecule has 0 atom stereocenters. The Morgan fingerprint density at radius 3 is 2.20 bits per heavy atom. The van der Waals surface area contributed by atoms with E-state index in [0.717, 1.165) is 12.8 Å². The van der Waals surface area contributed by atoms with Gasteiger partial charge in [0.1, 0.15) is 5.78 Å². The molecule has 0 aromatic carbocycles. The molecule has 1 fully saturated rings. The van der Waals surface area contributed by atoms with Gasteiger partial charge in [-0.3, -0.25) is 0 Å². The molecule has 1 aliphatic heterocycles. The molecule has 1 aliphatic rings. The monoisotopic (exact) mass is 211 g/mol. The van der Waals surface area contributed by atoms with Crippen LogP contribution in [0, 0.1) is 5.41 Å². The van der Waals surface area contributed by atoms with Crippen LogP contribution in [0.15, 0.2) is 0 Å². The predicted octanol–water partition coefficient (Wildman–Crippen LogP) is 2.87. The summed E-state index contributed by atoms with van der Waals surface area (Å²) in [5, 5.41) is 0. The van der Waals surface area contributed by atoms with Crippen molar-refractivity contribution in [3.8, 4) is 0 Å². The topological polar surface area (TPSA) is 20.3 Å². The quantitative estimate of drug-likeness (QED) is 0.712. The molecule has 0 amide bonds. The average molecular weight is 211 g/mol. The lowest BCUT2D eigenvalue weighted by atomic mass is 9.72. The van der Waals surface area contributed by atoms with Crippen molar-refractivity contribution in [2.24, 2.45) is 5.41 Å². The summed E-state index contributed by atoms with van der Waals surface area (Å²) in [6.07, 6.45) is 4.33. The first-order chi connectivity index (χ1) is 6.99. The van der Waals surface area contributed by atoms with E-state index in [2.05, 4.69) is 25.7 Å². The minimum atomic E-state index is 0.317. The maximum absolute atomic E-state index is 11.3. The highest BCUT2D eigenvalue weighted by atomic mass is 16.1. The molecule has 0 bridgehead atoms. The summed E-state index contributed by atoms with van der Waals surface area (Å²) in [5.41, 5.74) is 0.317. The molecule has 1 heterocycles. The normalized spacial score (nSPS) is 21.9. The van der Waals surface area contributed by atoms with Gasteiger partial charge in [-0.1, -0.05) is 6.92 Å². The first kappa shape index (κ1) is 12.7. The second kappa shape index (κ2) is 5.11. The van der Waals surface area contributed by atoms with Crippen molar-refractivity contribution in [1.29, 1.82) is 0 Å². The molecule has 2 nitrogen and oxygen atoms in total. The van der Waals surface area contributed by atoms with Gasteiger partial charge >= 0.3 is 0 Å². The molecular weight excluding hydrogens is 186 g/mol. The number of hydrogen-bond acceptors (Lipinski definition) is 2. The van der Waals surface area contributed by atoms with E-state index in [1.54, 1.807) is 6.92 Å². The minimum absolute atomic E-state index is 0.317. The van der Waals surface area contributed by atoms with Crippen LogP contribution in [0.25, 0.3) is 0 Å². The Kier molecular flexibility index (Phi) is 4.32. The molecule has 0 unspecified atom stereocenters.